The van der Waals surface area contributed by atoms with Gasteiger partial charge >= 0.3 is 11.9 Å². The van der Waals surface area contributed by atoms with Crippen molar-refractivity contribution in [3.05, 3.63) is 24.3 Å². The van der Waals surface area contributed by atoms with E-state index in [4.69, 9.17) is 14.2 Å². The smallest absolute Gasteiger partial charge is 0.306 e. The molecule has 0 aliphatic carbocycles. The fourth-order valence-corrected chi connectivity index (χ4v) is 6.50. The molecule has 1 atom stereocenters. The number of allylic oxidation sites excluding steroid dienone is 4. The summed E-state index contributed by atoms with van der Waals surface area (Å²) in [5.74, 6) is -0.410. The van der Waals surface area contributed by atoms with Crippen molar-refractivity contribution < 1.29 is 23.8 Å². The van der Waals surface area contributed by atoms with Gasteiger partial charge < -0.3 is 14.2 Å². The minimum Gasteiger partial charge on any atom is -0.462 e. The fourth-order valence-electron chi connectivity index (χ4n) is 6.50. The van der Waals surface area contributed by atoms with Gasteiger partial charge in [-0.15, -0.1) is 0 Å². The zero-order chi connectivity index (χ0) is 37.8. The molecule has 0 saturated carbocycles. The lowest BCUT2D eigenvalue weighted by atomic mass is 10.1. The Labute approximate surface area is 324 Å². The zero-order valence-electron chi connectivity index (χ0n) is 35.1. The first-order chi connectivity index (χ1) is 25.6. The van der Waals surface area contributed by atoms with E-state index in [0.29, 0.717) is 19.4 Å². The lowest BCUT2D eigenvalue weighted by Crippen LogP contribution is -2.30. The highest BCUT2D eigenvalue weighted by Gasteiger charge is 2.17. The third-order valence-corrected chi connectivity index (χ3v) is 9.96. The normalized spacial score (nSPS) is 12.3. The molecule has 0 heterocycles. The van der Waals surface area contributed by atoms with Gasteiger partial charge in [0.2, 0.25) is 0 Å². The number of hydrogen-bond donors (Lipinski definition) is 0. The van der Waals surface area contributed by atoms with Crippen LogP contribution in [0.1, 0.15) is 239 Å². The monoisotopic (exact) mass is 733 g/mol. The van der Waals surface area contributed by atoms with Crippen LogP contribution >= 0.6 is 0 Å². The maximum absolute atomic E-state index is 12.5. The molecule has 0 fully saturated rings. The number of rotatable bonds is 42. The van der Waals surface area contributed by atoms with Crippen LogP contribution in [0.2, 0.25) is 0 Å². The number of hydrogen-bond acceptors (Lipinski definition) is 5. The number of unbranched alkanes of at least 4 members (excludes halogenated alkanes) is 27. The summed E-state index contributed by atoms with van der Waals surface area (Å²) < 4.78 is 17.2. The summed E-state index contributed by atoms with van der Waals surface area (Å²) in [6, 6.07) is 0. The Morgan fingerprint density at radius 2 is 0.750 bits per heavy atom. The summed E-state index contributed by atoms with van der Waals surface area (Å²) in [5.41, 5.74) is 0. The summed E-state index contributed by atoms with van der Waals surface area (Å²) in [4.78, 5) is 25.0. The maximum atomic E-state index is 12.5. The van der Waals surface area contributed by atoms with Crippen LogP contribution in [0.25, 0.3) is 0 Å². The predicted molar refractivity (Wildman–Crippen MR) is 224 cm³/mol. The fraction of sp³-hybridized carbons (Fsp3) is 0.872. The van der Waals surface area contributed by atoms with Crippen LogP contribution in [-0.2, 0) is 23.8 Å². The Morgan fingerprint density at radius 1 is 0.404 bits per heavy atom. The summed E-state index contributed by atoms with van der Waals surface area (Å²) in [6.45, 7) is 7.74. The number of carbonyl (C=O) groups is 2. The summed E-state index contributed by atoms with van der Waals surface area (Å²) >= 11 is 0. The van der Waals surface area contributed by atoms with Crippen molar-refractivity contribution in [2.24, 2.45) is 0 Å². The molecule has 0 N–H and O–H groups in total. The van der Waals surface area contributed by atoms with Crippen LogP contribution in [0.4, 0.5) is 0 Å². The van der Waals surface area contributed by atoms with E-state index in [9.17, 15) is 9.59 Å². The highest BCUT2D eigenvalue weighted by Crippen LogP contribution is 2.13. The molecule has 0 rings (SSSR count). The Bertz CT molecular complexity index is 791. The van der Waals surface area contributed by atoms with Gasteiger partial charge in [-0.2, -0.15) is 0 Å². The van der Waals surface area contributed by atoms with Crippen LogP contribution < -0.4 is 0 Å². The van der Waals surface area contributed by atoms with Gasteiger partial charge in [0.25, 0.3) is 0 Å². The number of ether oxygens (including phenoxy) is 3. The lowest BCUT2D eigenvalue weighted by Gasteiger charge is -2.18. The molecule has 52 heavy (non-hydrogen) atoms. The van der Waals surface area contributed by atoms with E-state index < -0.39 is 6.10 Å². The second-order valence-corrected chi connectivity index (χ2v) is 15.3. The first-order valence-electron chi connectivity index (χ1n) is 22.9. The molecule has 0 aromatic carbocycles. The molecule has 1 unspecified atom stereocenters. The first-order valence-corrected chi connectivity index (χ1v) is 22.9. The number of esters is 2. The Hall–Kier alpha value is -1.62. The second kappa shape index (κ2) is 43.8. The first kappa shape index (κ1) is 50.4. The van der Waals surface area contributed by atoms with Crippen molar-refractivity contribution in [3.63, 3.8) is 0 Å². The SMILES string of the molecule is CCCCCC/C=C\CCCCCCCCOCC(COC(=O)CCCCCCCCC/C=C\CCCCCCCC)OC(=O)CCCCCCC. The molecule has 5 heteroatoms. The molecule has 5 nitrogen and oxygen atoms in total. The van der Waals surface area contributed by atoms with E-state index in [2.05, 4.69) is 45.1 Å². The second-order valence-electron chi connectivity index (χ2n) is 15.3. The minimum absolute atomic E-state index is 0.0843. The van der Waals surface area contributed by atoms with Crippen LogP contribution in [0.15, 0.2) is 24.3 Å². The summed E-state index contributed by atoms with van der Waals surface area (Å²) in [6.07, 6.45) is 49.1. The summed E-state index contributed by atoms with van der Waals surface area (Å²) in [5, 5.41) is 0. The predicted octanol–water partition coefficient (Wildman–Crippen LogP) is 14.9. The Balaban J connectivity index is 4.04. The van der Waals surface area contributed by atoms with Crippen molar-refractivity contribution in [2.45, 2.75) is 245 Å². The molecule has 0 amide bonds. The molecule has 0 aromatic heterocycles. The van der Waals surface area contributed by atoms with Crippen LogP contribution in [0.3, 0.4) is 0 Å². The van der Waals surface area contributed by atoms with Crippen molar-refractivity contribution in [1.82, 2.24) is 0 Å². The molecular weight excluding hydrogens is 645 g/mol. The molecule has 0 aliphatic heterocycles. The molecule has 0 saturated heterocycles. The van der Waals surface area contributed by atoms with Crippen LogP contribution in [0, 0.1) is 0 Å². The van der Waals surface area contributed by atoms with E-state index in [1.807, 2.05) is 0 Å². The van der Waals surface area contributed by atoms with E-state index in [1.54, 1.807) is 0 Å². The minimum atomic E-state index is -0.530. The molecule has 0 aromatic rings. The Kier molecular flexibility index (Phi) is 42.4. The molecule has 306 valence electrons. The van der Waals surface area contributed by atoms with Crippen molar-refractivity contribution in [3.8, 4) is 0 Å². The number of carbonyl (C=O) groups excluding carboxylic acids is 2. The van der Waals surface area contributed by atoms with Gasteiger partial charge in [0, 0.05) is 19.4 Å². The summed E-state index contributed by atoms with van der Waals surface area (Å²) in [7, 11) is 0. The quantitative estimate of drug-likeness (QED) is 0.0355. The van der Waals surface area contributed by atoms with Crippen LogP contribution in [0.5, 0.6) is 0 Å². The van der Waals surface area contributed by atoms with Crippen LogP contribution in [-0.4, -0.2) is 37.9 Å². The van der Waals surface area contributed by atoms with Crippen molar-refractivity contribution in [1.29, 1.82) is 0 Å². The van der Waals surface area contributed by atoms with Gasteiger partial charge in [-0.3, -0.25) is 9.59 Å². The third-order valence-electron chi connectivity index (χ3n) is 9.96. The van der Waals surface area contributed by atoms with Gasteiger partial charge in [-0.1, -0.05) is 180 Å². The van der Waals surface area contributed by atoms with Gasteiger partial charge in [0.1, 0.15) is 6.61 Å². The molecule has 0 bridgehead atoms. The third kappa shape index (κ3) is 41.1. The molecule has 0 radical (unpaired) electrons. The highest BCUT2D eigenvalue weighted by atomic mass is 16.6. The van der Waals surface area contributed by atoms with Crippen molar-refractivity contribution >= 4 is 11.9 Å². The van der Waals surface area contributed by atoms with Gasteiger partial charge in [0.05, 0.1) is 6.61 Å². The van der Waals surface area contributed by atoms with E-state index in [0.717, 1.165) is 44.9 Å². The van der Waals surface area contributed by atoms with Crippen molar-refractivity contribution in [2.75, 3.05) is 19.8 Å². The van der Waals surface area contributed by atoms with E-state index >= 15 is 0 Å². The average Bonchev–Trinajstić information content (AvgIpc) is 3.14. The lowest BCUT2D eigenvalue weighted by molar-refractivity contribution is -0.163. The largest absolute Gasteiger partial charge is 0.462 e. The van der Waals surface area contributed by atoms with E-state index in [-0.39, 0.29) is 25.2 Å². The molecule has 0 aliphatic rings. The standard InChI is InChI=1S/C47H88O5/c1-4-7-10-13-15-17-19-21-23-24-25-26-28-30-32-35-37-40-46(48)51-44-45(52-47(49)41-38-34-12-9-6-3)43-50-42-39-36-33-31-29-27-22-20-18-16-14-11-8-5-2/h18,20-21,23,45H,4-17,19,22,24-44H2,1-3H3/b20-18-,23-21-. The zero-order valence-corrected chi connectivity index (χ0v) is 35.1. The maximum Gasteiger partial charge on any atom is 0.306 e. The van der Waals surface area contributed by atoms with E-state index in [1.165, 1.54) is 161 Å². The molecular formula is C47H88O5. The Morgan fingerprint density at radius 3 is 1.19 bits per heavy atom. The van der Waals surface area contributed by atoms with Gasteiger partial charge in [-0.25, -0.2) is 0 Å². The topological polar surface area (TPSA) is 61.8 Å². The highest BCUT2D eigenvalue weighted by molar-refractivity contribution is 5.70. The molecule has 0 spiro atoms. The van der Waals surface area contributed by atoms with Gasteiger partial charge in [0.15, 0.2) is 6.10 Å². The van der Waals surface area contributed by atoms with Gasteiger partial charge in [-0.05, 0) is 70.6 Å². The average molecular weight is 733 g/mol.